The lowest BCUT2D eigenvalue weighted by molar-refractivity contribution is 0.376. The molecule has 1 aromatic heterocycles. The highest BCUT2D eigenvalue weighted by Crippen LogP contribution is 2.30. The SMILES string of the molecule is c1cc2[nH]c3c(c2cc1CC1CCCNC1)CCCC3. The van der Waals surface area contributed by atoms with Crippen LogP contribution < -0.4 is 5.32 Å². The third-order valence-corrected chi connectivity index (χ3v) is 5.09. The maximum absolute atomic E-state index is 3.63. The number of aromatic amines is 1. The Hall–Kier alpha value is -1.28. The predicted octanol–water partition coefficient (Wildman–Crippen LogP) is 3.59. The van der Waals surface area contributed by atoms with E-state index in [0.717, 1.165) is 5.92 Å². The lowest BCUT2D eigenvalue weighted by Gasteiger charge is -2.22. The number of benzene rings is 1. The molecule has 2 nitrogen and oxygen atoms in total. The number of H-pyrrole nitrogens is 1. The van der Waals surface area contributed by atoms with Crippen LogP contribution in [0.1, 0.15) is 42.5 Å². The summed E-state index contributed by atoms with van der Waals surface area (Å²) in [7, 11) is 0. The normalized spacial score (nSPS) is 22.9. The van der Waals surface area contributed by atoms with Gasteiger partial charge in [-0.3, -0.25) is 0 Å². The van der Waals surface area contributed by atoms with Crippen LogP contribution in [-0.2, 0) is 19.3 Å². The number of rotatable bonds is 2. The fourth-order valence-electron chi connectivity index (χ4n) is 4.01. The molecule has 20 heavy (non-hydrogen) atoms. The van der Waals surface area contributed by atoms with Gasteiger partial charge in [0.25, 0.3) is 0 Å². The maximum atomic E-state index is 3.63. The van der Waals surface area contributed by atoms with Crippen LogP contribution in [0.3, 0.4) is 0 Å². The Bertz CT molecular complexity index is 605. The zero-order valence-corrected chi connectivity index (χ0v) is 12.2. The van der Waals surface area contributed by atoms with E-state index in [9.17, 15) is 0 Å². The van der Waals surface area contributed by atoms with Crippen molar-refractivity contribution in [1.29, 1.82) is 0 Å². The van der Waals surface area contributed by atoms with Crippen LogP contribution >= 0.6 is 0 Å². The van der Waals surface area contributed by atoms with E-state index in [0.29, 0.717) is 0 Å². The molecule has 4 rings (SSSR count). The van der Waals surface area contributed by atoms with E-state index in [4.69, 9.17) is 0 Å². The third kappa shape index (κ3) is 2.26. The molecule has 1 atom stereocenters. The van der Waals surface area contributed by atoms with Gasteiger partial charge in [-0.15, -0.1) is 0 Å². The molecular weight excluding hydrogens is 244 g/mol. The first-order valence-corrected chi connectivity index (χ1v) is 8.23. The van der Waals surface area contributed by atoms with Gasteiger partial charge in [-0.25, -0.2) is 0 Å². The van der Waals surface area contributed by atoms with Crippen molar-refractivity contribution >= 4 is 10.9 Å². The summed E-state index contributed by atoms with van der Waals surface area (Å²) in [6.07, 6.45) is 9.18. The van der Waals surface area contributed by atoms with E-state index >= 15 is 0 Å². The van der Waals surface area contributed by atoms with E-state index in [2.05, 4.69) is 28.5 Å². The molecule has 1 unspecified atom stereocenters. The Morgan fingerprint density at radius 2 is 2.05 bits per heavy atom. The summed E-state index contributed by atoms with van der Waals surface area (Å²) >= 11 is 0. The van der Waals surface area contributed by atoms with Crippen LogP contribution in [0.15, 0.2) is 18.2 Å². The molecule has 1 fully saturated rings. The highest BCUT2D eigenvalue weighted by Gasteiger charge is 2.17. The van der Waals surface area contributed by atoms with Crippen LogP contribution in [0.25, 0.3) is 10.9 Å². The van der Waals surface area contributed by atoms with Gasteiger partial charge in [-0.05, 0) is 87.2 Å². The second-order valence-corrected chi connectivity index (χ2v) is 6.59. The molecule has 2 aromatic rings. The Balaban J connectivity index is 1.63. The topological polar surface area (TPSA) is 27.8 Å². The molecule has 0 amide bonds. The molecule has 1 aromatic carbocycles. The van der Waals surface area contributed by atoms with E-state index < -0.39 is 0 Å². The van der Waals surface area contributed by atoms with Gasteiger partial charge in [0.1, 0.15) is 0 Å². The summed E-state index contributed by atoms with van der Waals surface area (Å²) in [5, 5.41) is 5.03. The average molecular weight is 268 g/mol. The van der Waals surface area contributed by atoms with Crippen molar-refractivity contribution in [2.45, 2.75) is 44.9 Å². The van der Waals surface area contributed by atoms with Gasteiger partial charge < -0.3 is 10.3 Å². The number of aryl methyl sites for hydroxylation is 2. The Labute approximate surface area is 121 Å². The Morgan fingerprint density at radius 1 is 1.10 bits per heavy atom. The minimum atomic E-state index is 0.830. The smallest absolute Gasteiger partial charge is 0.0459 e. The number of fused-ring (bicyclic) bond motifs is 3. The first-order valence-electron chi connectivity index (χ1n) is 8.23. The quantitative estimate of drug-likeness (QED) is 0.856. The van der Waals surface area contributed by atoms with Crippen LogP contribution in [0.2, 0.25) is 0 Å². The van der Waals surface area contributed by atoms with Gasteiger partial charge in [0.2, 0.25) is 0 Å². The predicted molar refractivity (Wildman–Crippen MR) is 84.2 cm³/mol. The fourth-order valence-corrected chi connectivity index (χ4v) is 4.01. The van der Waals surface area contributed by atoms with E-state index in [-0.39, 0.29) is 0 Å². The van der Waals surface area contributed by atoms with Crippen LogP contribution in [0, 0.1) is 5.92 Å². The van der Waals surface area contributed by atoms with Crippen molar-refractivity contribution in [1.82, 2.24) is 10.3 Å². The zero-order valence-electron chi connectivity index (χ0n) is 12.2. The summed E-state index contributed by atoms with van der Waals surface area (Å²) in [6, 6.07) is 7.10. The van der Waals surface area contributed by atoms with Crippen molar-refractivity contribution in [2.75, 3.05) is 13.1 Å². The van der Waals surface area contributed by atoms with Crippen LogP contribution in [0.5, 0.6) is 0 Å². The third-order valence-electron chi connectivity index (χ3n) is 5.09. The molecule has 106 valence electrons. The number of hydrogen-bond donors (Lipinski definition) is 2. The zero-order chi connectivity index (χ0) is 13.4. The highest BCUT2D eigenvalue weighted by atomic mass is 14.9. The van der Waals surface area contributed by atoms with Gasteiger partial charge in [0.15, 0.2) is 0 Å². The average Bonchev–Trinajstić information content (AvgIpc) is 2.86. The molecule has 1 saturated heterocycles. The fraction of sp³-hybridized carbons (Fsp3) is 0.556. The van der Waals surface area contributed by atoms with Gasteiger partial charge in [0.05, 0.1) is 0 Å². The largest absolute Gasteiger partial charge is 0.358 e. The first kappa shape index (κ1) is 12.5. The monoisotopic (exact) mass is 268 g/mol. The summed E-state index contributed by atoms with van der Waals surface area (Å²) < 4.78 is 0. The molecular formula is C18H24N2. The molecule has 0 saturated carbocycles. The molecule has 1 aliphatic carbocycles. The van der Waals surface area contributed by atoms with Gasteiger partial charge in [0, 0.05) is 16.6 Å². The van der Waals surface area contributed by atoms with Gasteiger partial charge >= 0.3 is 0 Å². The van der Waals surface area contributed by atoms with Crippen LogP contribution in [-0.4, -0.2) is 18.1 Å². The number of nitrogens with one attached hydrogen (secondary N) is 2. The van der Waals surface area contributed by atoms with E-state index in [1.165, 1.54) is 80.2 Å². The van der Waals surface area contributed by atoms with Gasteiger partial charge in [-0.1, -0.05) is 6.07 Å². The molecule has 0 spiro atoms. The Morgan fingerprint density at radius 3 is 2.95 bits per heavy atom. The maximum Gasteiger partial charge on any atom is 0.0459 e. The first-order chi connectivity index (χ1) is 9.90. The molecule has 2 heterocycles. The van der Waals surface area contributed by atoms with E-state index in [1.807, 2.05) is 0 Å². The summed E-state index contributed by atoms with van der Waals surface area (Å²) in [4.78, 5) is 3.63. The minimum absolute atomic E-state index is 0.830. The van der Waals surface area contributed by atoms with Crippen LogP contribution in [0.4, 0.5) is 0 Å². The van der Waals surface area contributed by atoms with Crippen molar-refractivity contribution in [3.8, 4) is 0 Å². The second kappa shape index (κ2) is 5.25. The lowest BCUT2D eigenvalue weighted by Crippen LogP contribution is -2.30. The highest BCUT2D eigenvalue weighted by molar-refractivity contribution is 5.85. The lowest BCUT2D eigenvalue weighted by atomic mass is 9.90. The van der Waals surface area contributed by atoms with Crippen molar-refractivity contribution in [3.05, 3.63) is 35.0 Å². The van der Waals surface area contributed by atoms with Crippen molar-refractivity contribution in [3.63, 3.8) is 0 Å². The molecule has 2 N–H and O–H groups in total. The van der Waals surface area contributed by atoms with Crippen molar-refractivity contribution in [2.24, 2.45) is 5.92 Å². The second-order valence-electron chi connectivity index (χ2n) is 6.59. The molecule has 0 radical (unpaired) electrons. The summed E-state index contributed by atoms with van der Waals surface area (Å²) in [5.41, 5.74) is 5.98. The molecule has 2 heteroatoms. The van der Waals surface area contributed by atoms with E-state index in [1.54, 1.807) is 5.56 Å². The van der Waals surface area contributed by atoms with Crippen molar-refractivity contribution < 1.29 is 0 Å². The number of aromatic nitrogens is 1. The number of piperidine rings is 1. The minimum Gasteiger partial charge on any atom is -0.358 e. The standard InChI is InChI=1S/C18H24N2/c1-2-6-17-15(5-1)16-11-13(7-8-18(16)20-17)10-14-4-3-9-19-12-14/h7-8,11,14,19-20H,1-6,9-10,12H2. The Kier molecular flexibility index (Phi) is 3.27. The molecule has 2 aliphatic rings. The molecule has 0 bridgehead atoms. The number of hydrogen-bond acceptors (Lipinski definition) is 1. The summed E-state index contributed by atoms with van der Waals surface area (Å²) in [5.74, 6) is 0.830. The summed E-state index contributed by atoms with van der Waals surface area (Å²) in [6.45, 7) is 2.41. The molecule has 1 aliphatic heterocycles. The van der Waals surface area contributed by atoms with Gasteiger partial charge in [-0.2, -0.15) is 0 Å².